The minimum absolute atomic E-state index is 0.281. The van der Waals surface area contributed by atoms with Crippen LogP contribution in [0.25, 0.3) is 11.5 Å². The van der Waals surface area contributed by atoms with Crippen LogP contribution in [-0.4, -0.2) is 29.0 Å². The van der Waals surface area contributed by atoms with Gasteiger partial charge in [0.2, 0.25) is 5.89 Å². The molecule has 0 unspecified atom stereocenters. The molecule has 1 fully saturated rings. The first-order valence-corrected chi connectivity index (χ1v) is 7.27. The predicted molar refractivity (Wildman–Crippen MR) is 79.4 cm³/mol. The zero-order chi connectivity index (χ0) is 13.9. The predicted octanol–water partition coefficient (Wildman–Crippen LogP) is 2.92. The number of likely N-dealkylation sites (tertiary alicyclic amines) is 1. The zero-order valence-corrected chi connectivity index (χ0v) is 12.0. The van der Waals surface area contributed by atoms with Crippen molar-refractivity contribution in [2.45, 2.75) is 25.4 Å². The Morgan fingerprint density at radius 1 is 1.45 bits per heavy atom. The van der Waals surface area contributed by atoms with E-state index in [-0.39, 0.29) is 6.04 Å². The van der Waals surface area contributed by atoms with Crippen LogP contribution in [0.15, 0.2) is 34.9 Å². The van der Waals surface area contributed by atoms with Gasteiger partial charge < -0.3 is 10.2 Å². The van der Waals surface area contributed by atoms with E-state index in [4.69, 9.17) is 21.8 Å². The number of nitrogens with two attached hydrogens (primary N) is 1. The lowest BCUT2D eigenvalue weighted by atomic mass is 10.1. The van der Waals surface area contributed by atoms with Crippen molar-refractivity contribution < 1.29 is 4.42 Å². The van der Waals surface area contributed by atoms with Crippen LogP contribution in [-0.2, 0) is 6.54 Å². The maximum atomic E-state index is 5.99. The molecule has 1 aromatic heterocycles. The monoisotopic (exact) mass is 291 g/mol. The molecule has 0 aliphatic carbocycles. The second kappa shape index (κ2) is 5.95. The van der Waals surface area contributed by atoms with E-state index in [2.05, 4.69) is 9.88 Å². The van der Waals surface area contributed by atoms with Crippen molar-refractivity contribution in [2.75, 3.05) is 13.1 Å². The van der Waals surface area contributed by atoms with Crippen molar-refractivity contribution in [3.8, 4) is 11.5 Å². The molecule has 106 valence electrons. The summed E-state index contributed by atoms with van der Waals surface area (Å²) in [5.41, 5.74) is 7.83. The molecule has 0 bridgehead atoms. The number of nitrogens with zero attached hydrogens (tertiary/aromatic N) is 2. The van der Waals surface area contributed by atoms with Crippen LogP contribution in [0.3, 0.4) is 0 Å². The van der Waals surface area contributed by atoms with Crippen LogP contribution in [0, 0.1) is 0 Å². The molecule has 3 rings (SSSR count). The van der Waals surface area contributed by atoms with Gasteiger partial charge in [-0.15, -0.1) is 0 Å². The first kappa shape index (κ1) is 13.6. The molecule has 0 radical (unpaired) electrons. The molecule has 1 aliphatic heterocycles. The smallest absolute Gasteiger partial charge is 0.226 e. The summed E-state index contributed by atoms with van der Waals surface area (Å²) in [6.07, 6.45) is 3.99. The van der Waals surface area contributed by atoms with E-state index in [0.29, 0.717) is 10.9 Å². The number of benzene rings is 1. The van der Waals surface area contributed by atoms with Gasteiger partial charge in [-0.1, -0.05) is 17.7 Å². The lowest BCUT2D eigenvalue weighted by molar-refractivity contribution is 0.199. The van der Waals surface area contributed by atoms with Crippen LogP contribution in [0.5, 0.6) is 0 Å². The Morgan fingerprint density at radius 2 is 2.35 bits per heavy atom. The van der Waals surface area contributed by atoms with Crippen molar-refractivity contribution in [3.63, 3.8) is 0 Å². The highest BCUT2D eigenvalue weighted by molar-refractivity contribution is 6.30. The lowest BCUT2D eigenvalue weighted by Crippen LogP contribution is -2.42. The minimum atomic E-state index is 0.281. The molecule has 2 N–H and O–H groups in total. The summed E-state index contributed by atoms with van der Waals surface area (Å²) in [5.74, 6) is 0.615. The standard InChI is InChI=1S/C15H18ClN3O/c16-12-4-1-3-11(7-12)15-18-14(10-20-15)9-19-6-2-5-13(17)8-19/h1,3-4,7,10,13H,2,5-6,8-9,17H2/t13-/m1/s1. The van der Waals surface area contributed by atoms with Crippen molar-refractivity contribution in [2.24, 2.45) is 5.73 Å². The Labute approximate surface area is 123 Å². The van der Waals surface area contributed by atoms with Crippen molar-refractivity contribution >= 4 is 11.6 Å². The summed E-state index contributed by atoms with van der Waals surface area (Å²) in [6, 6.07) is 7.81. The highest BCUT2D eigenvalue weighted by Gasteiger charge is 2.18. The number of hydrogen-bond donors (Lipinski definition) is 1. The fourth-order valence-corrected chi connectivity index (χ4v) is 2.79. The Morgan fingerprint density at radius 3 is 3.15 bits per heavy atom. The molecule has 20 heavy (non-hydrogen) atoms. The molecule has 1 atom stereocenters. The van der Waals surface area contributed by atoms with Gasteiger partial charge in [-0.3, -0.25) is 4.90 Å². The minimum Gasteiger partial charge on any atom is -0.444 e. The quantitative estimate of drug-likeness (QED) is 0.945. The van der Waals surface area contributed by atoms with Gasteiger partial charge in [0.15, 0.2) is 0 Å². The van der Waals surface area contributed by atoms with Gasteiger partial charge in [-0.25, -0.2) is 4.98 Å². The number of piperidine rings is 1. The third-order valence-electron chi connectivity index (χ3n) is 3.55. The van der Waals surface area contributed by atoms with Gasteiger partial charge in [0, 0.05) is 29.7 Å². The van der Waals surface area contributed by atoms with Crippen molar-refractivity contribution in [3.05, 3.63) is 41.2 Å². The SMILES string of the molecule is N[C@@H]1CCCN(Cc2coc(-c3cccc(Cl)c3)n2)C1. The van der Waals surface area contributed by atoms with Gasteiger partial charge in [-0.05, 0) is 37.6 Å². The van der Waals surface area contributed by atoms with Crippen LogP contribution in [0.1, 0.15) is 18.5 Å². The van der Waals surface area contributed by atoms with E-state index in [1.165, 1.54) is 0 Å². The van der Waals surface area contributed by atoms with Gasteiger partial charge in [0.05, 0.1) is 5.69 Å². The largest absolute Gasteiger partial charge is 0.444 e. The fraction of sp³-hybridized carbons (Fsp3) is 0.400. The zero-order valence-electron chi connectivity index (χ0n) is 11.3. The van der Waals surface area contributed by atoms with Gasteiger partial charge in [0.1, 0.15) is 6.26 Å². The van der Waals surface area contributed by atoms with Crippen LogP contribution in [0.2, 0.25) is 5.02 Å². The Kier molecular flexibility index (Phi) is 4.05. The third kappa shape index (κ3) is 3.20. The summed E-state index contributed by atoms with van der Waals surface area (Å²) in [4.78, 5) is 6.86. The fourth-order valence-electron chi connectivity index (χ4n) is 2.60. The van der Waals surface area contributed by atoms with Crippen LogP contribution >= 0.6 is 11.6 Å². The molecule has 0 spiro atoms. The van der Waals surface area contributed by atoms with Crippen LogP contribution in [0.4, 0.5) is 0 Å². The van der Waals surface area contributed by atoms with E-state index in [1.54, 1.807) is 6.26 Å². The number of aromatic nitrogens is 1. The highest BCUT2D eigenvalue weighted by atomic mass is 35.5. The van der Waals surface area contributed by atoms with E-state index in [9.17, 15) is 0 Å². The first-order valence-electron chi connectivity index (χ1n) is 6.89. The summed E-state index contributed by atoms with van der Waals surface area (Å²) in [7, 11) is 0. The van der Waals surface area contributed by atoms with E-state index in [0.717, 1.165) is 43.7 Å². The molecule has 1 aromatic carbocycles. The normalized spacial score (nSPS) is 20.2. The lowest BCUT2D eigenvalue weighted by Gasteiger charge is -2.29. The van der Waals surface area contributed by atoms with Gasteiger partial charge in [-0.2, -0.15) is 0 Å². The third-order valence-corrected chi connectivity index (χ3v) is 3.79. The number of halogens is 1. The van der Waals surface area contributed by atoms with E-state index in [1.807, 2.05) is 24.3 Å². The first-order chi connectivity index (χ1) is 9.70. The molecule has 1 saturated heterocycles. The molecular formula is C15H18ClN3O. The molecule has 0 saturated carbocycles. The van der Waals surface area contributed by atoms with Gasteiger partial charge >= 0.3 is 0 Å². The number of oxazole rings is 1. The molecular weight excluding hydrogens is 274 g/mol. The molecule has 2 aromatic rings. The van der Waals surface area contributed by atoms with E-state index >= 15 is 0 Å². The van der Waals surface area contributed by atoms with Gasteiger partial charge in [0.25, 0.3) is 0 Å². The Bertz CT molecular complexity index is 584. The topological polar surface area (TPSA) is 55.3 Å². The second-order valence-corrected chi connectivity index (χ2v) is 5.73. The van der Waals surface area contributed by atoms with E-state index < -0.39 is 0 Å². The maximum Gasteiger partial charge on any atom is 0.226 e. The Balaban J connectivity index is 1.70. The highest BCUT2D eigenvalue weighted by Crippen LogP contribution is 2.22. The number of hydrogen-bond acceptors (Lipinski definition) is 4. The Hall–Kier alpha value is -1.36. The van der Waals surface area contributed by atoms with Crippen LogP contribution < -0.4 is 5.73 Å². The summed E-state index contributed by atoms with van der Waals surface area (Å²) in [6.45, 7) is 2.80. The molecule has 2 heterocycles. The molecule has 5 heteroatoms. The second-order valence-electron chi connectivity index (χ2n) is 5.29. The maximum absolute atomic E-state index is 5.99. The summed E-state index contributed by atoms with van der Waals surface area (Å²) >= 11 is 5.98. The summed E-state index contributed by atoms with van der Waals surface area (Å²) < 4.78 is 5.55. The van der Waals surface area contributed by atoms with Crippen molar-refractivity contribution in [1.82, 2.24) is 9.88 Å². The molecule has 4 nitrogen and oxygen atoms in total. The number of rotatable bonds is 3. The summed E-state index contributed by atoms with van der Waals surface area (Å²) in [5, 5.41) is 0.684. The average molecular weight is 292 g/mol. The molecule has 0 amide bonds. The van der Waals surface area contributed by atoms with Crippen molar-refractivity contribution in [1.29, 1.82) is 0 Å². The average Bonchev–Trinajstić information content (AvgIpc) is 2.87. The molecule has 1 aliphatic rings.